The maximum atomic E-state index is 11.2. The summed E-state index contributed by atoms with van der Waals surface area (Å²) in [6.45, 7) is 0. The molecule has 2 saturated heterocycles. The molecule has 5 heteroatoms. The Morgan fingerprint density at radius 2 is 2.35 bits per heavy atom. The van der Waals surface area contributed by atoms with Crippen LogP contribution in [-0.4, -0.2) is 41.3 Å². The van der Waals surface area contributed by atoms with Gasteiger partial charge in [-0.3, -0.25) is 4.79 Å². The summed E-state index contributed by atoms with van der Waals surface area (Å²) in [4.78, 5) is 21.9. The van der Waals surface area contributed by atoms with E-state index in [4.69, 9.17) is 21.0 Å². The Labute approximate surface area is 99.1 Å². The monoisotopic (exact) mass is 238 g/mol. The number of carboxylic acids is 1. The summed E-state index contributed by atoms with van der Waals surface area (Å²) in [5.74, 6) is 1.53. The first-order valence-corrected chi connectivity index (χ1v) is 5.57. The summed E-state index contributed by atoms with van der Waals surface area (Å²) in [6.07, 6.45) is 6.19. The second kappa shape index (κ2) is 4.47. The van der Waals surface area contributed by atoms with Crippen molar-refractivity contribution < 1.29 is 24.2 Å². The predicted molar refractivity (Wildman–Crippen MR) is 57.3 cm³/mol. The Bertz CT molecular complexity index is 372. The highest BCUT2D eigenvalue weighted by Crippen LogP contribution is 2.40. The third-order valence-corrected chi connectivity index (χ3v) is 3.30. The number of terminal acetylenes is 1. The van der Waals surface area contributed by atoms with Gasteiger partial charge in [0.2, 0.25) is 0 Å². The van der Waals surface area contributed by atoms with Crippen LogP contribution in [-0.2, 0) is 19.1 Å². The Morgan fingerprint density at radius 3 is 2.94 bits per heavy atom. The van der Waals surface area contributed by atoms with Gasteiger partial charge in [-0.2, -0.15) is 0 Å². The van der Waals surface area contributed by atoms with Crippen LogP contribution in [0.5, 0.6) is 0 Å². The number of ether oxygens (including phenoxy) is 2. The Kier molecular flexibility index (Phi) is 3.18. The number of carbonyl (C=O) groups excluding carboxylic acids is 1. The molecule has 0 aromatic heterocycles. The van der Waals surface area contributed by atoms with Crippen LogP contribution in [0.15, 0.2) is 0 Å². The van der Waals surface area contributed by atoms with Crippen molar-refractivity contribution in [2.45, 2.75) is 49.6 Å². The molecule has 17 heavy (non-hydrogen) atoms. The molecule has 0 aliphatic carbocycles. The molecule has 0 amide bonds. The van der Waals surface area contributed by atoms with Gasteiger partial charge in [-0.25, -0.2) is 0 Å². The molecule has 0 bridgehead atoms. The van der Waals surface area contributed by atoms with Crippen molar-refractivity contribution >= 4 is 12.3 Å². The fourth-order valence-corrected chi connectivity index (χ4v) is 2.51. The average Bonchev–Trinajstić information content (AvgIpc) is 2.66. The van der Waals surface area contributed by atoms with Crippen molar-refractivity contribution in [1.29, 1.82) is 0 Å². The van der Waals surface area contributed by atoms with Crippen LogP contribution in [0.1, 0.15) is 25.7 Å². The number of aliphatic carboxylic acids is 1. The molecule has 2 aliphatic rings. The maximum Gasteiger partial charge on any atom is 0.305 e. The fraction of sp³-hybridized carbons (Fsp3) is 0.667. The van der Waals surface area contributed by atoms with Gasteiger partial charge in [-0.15, -0.1) is 6.42 Å². The molecule has 0 aromatic rings. The quantitative estimate of drug-likeness (QED) is 0.568. The molecule has 92 valence electrons. The first-order chi connectivity index (χ1) is 8.09. The topological polar surface area (TPSA) is 72.8 Å². The van der Waals surface area contributed by atoms with Gasteiger partial charge < -0.3 is 19.4 Å². The second-order valence-corrected chi connectivity index (χ2v) is 4.47. The summed E-state index contributed by atoms with van der Waals surface area (Å²) in [5.41, 5.74) is -1.05. The normalized spacial score (nSPS) is 40.3. The third-order valence-electron chi connectivity index (χ3n) is 3.30. The number of fused-ring (bicyclic) bond motifs is 1. The molecule has 1 N–H and O–H groups in total. The minimum absolute atomic E-state index is 0.0942. The van der Waals surface area contributed by atoms with Gasteiger partial charge in [0.15, 0.2) is 11.9 Å². The lowest BCUT2D eigenvalue weighted by molar-refractivity contribution is -0.175. The predicted octanol–water partition coefficient (Wildman–Crippen LogP) is 0.368. The van der Waals surface area contributed by atoms with Crippen molar-refractivity contribution in [1.82, 2.24) is 0 Å². The third kappa shape index (κ3) is 2.19. The van der Waals surface area contributed by atoms with Gasteiger partial charge in [-0.1, -0.05) is 5.92 Å². The van der Waals surface area contributed by atoms with Crippen LogP contribution < -0.4 is 0 Å². The molecule has 0 radical (unpaired) electrons. The average molecular weight is 238 g/mol. The maximum absolute atomic E-state index is 11.2. The first kappa shape index (κ1) is 12.1. The van der Waals surface area contributed by atoms with E-state index in [1.807, 2.05) is 0 Å². The van der Waals surface area contributed by atoms with Crippen molar-refractivity contribution in [3.8, 4) is 12.3 Å². The van der Waals surface area contributed by atoms with Gasteiger partial charge in [0.25, 0.3) is 0 Å². The highest BCUT2D eigenvalue weighted by molar-refractivity contribution is 5.68. The van der Waals surface area contributed by atoms with Crippen LogP contribution in [0.3, 0.4) is 0 Å². The molecule has 2 aliphatic heterocycles. The smallest absolute Gasteiger partial charge is 0.305 e. The summed E-state index contributed by atoms with van der Waals surface area (Å²) < 4.78 is 11.1. The largest absolute Gasteiger partial charge is 0.481 e. The number of carboxylic acid groups (broad SMARTS) is 1. The van der Waals surface area contributed by atoms with Crippen molar-refractivity contribution in [2.75, 3.05) is 0 Å². The Hall–Kier alpha value is -1.38. The lowest BCUT2D eigenvalue weighted by atomic mass is 9.87. The number of hydrogen-bond acceptors (Lipinski definition) is 4. The zero-order valence-corrected chi connectivity index (χ0v) is 9.30. The van der Waals surface area contributed by atoms with E-state index in [1.165, 1.54) is 0 Å². The molecule has 5 nitrogen and oxygen atoms in total. The van der Waals surface area contributed by atoms with Crippen LogP contribution >= 0.6 is 0 Å². The number of rotatable bonds is 3. The van der Waals surface area contributed by atoms with E-state index >= 15 is 0 Å². The van der Waals surface area contributed by atoms with Gasteiger partial charge >= 0.3 is 5.97 Å². The molecular formula is C12H14O5. The molecule has 2 rings (SSSR count). The summed E-state index contributed by atoms with van der Waals surface area (Å²) >= 11 is 0. The van der Waals surface area contributed by atoms with Crippen LogP contribution in [0.2, 0.25) is 0 Å². The lowest BCUT2D eigenvalue weighted by Crippen LogP contribution is -2.50. The minimum Gasteiger partial charge on any atom is -0.481 e. The van der Waals surface area contributed by atoms with Gasteiger partial charge in [0.05, 0.1) is 18.6 Å². The Morgan fingerprint density at radius 1 is 1.59 bits per heavy atom. The molecule has 4 atom stereocenters. The number of aldehydes is 1. The molecule has 2 heterocycles. The van der Waals surface area contributed by atoms with E-state index in [9.17, 15) is 9.59 Å². The fourth-order valence-electron chi connectivity index (χ4n) is 2.51. The van der Waals surface area contributed by atoms with E-state index in [2.05, 4.69) is 5.92 Å². The van der Waals surface area contributed by atoms with Crippen LogP contribution in [0.25, 0.3) is 0 Å². The molecule has 0 spiro atoms. The van der Waals surface area contributed by atoms with Crippen molar-refractivity contribution in [3.05, 3.63) is 0 Å². The van der Waals surface area contributed by atoms with Crippen molar-refractivity contribution in [3.63, 3.8) is 0 Å². The van der Waals surface area contributed by atoms with E-state index in [0.29, 0.717) is 25.5 Å². The zero-order chi connectivity index (χ0) is 12.5. The van der Waals surface area contributed by atoms with Crippen LogP contribution in [0, 0.1) is 12.3 Å². The number of carbonyl (C=O) groups is 2. The highest BCUT2D eigenvalue weighted by Gasteiger charge is 2.53. The molecule has 0 aromatic carbocycles. The van der Waals surface area contributed by atoms with E-state index in [-0.39, 0.29) is 12.5 Å². The highest BCUT2D eigenvalue weighted by atomic mass is 16.6. The molecule has 2 fully saturated rings. The summed E-state index contributed by atoms with van der Waals surface area (Å²) in [7, 11) is 0. The van der Waals surface area contributed by atoms with E-state index in [0.717, 1.165) is 0 Å². The van der Waals surface area contributed by atoms with Gasteiger partial charge in [0, 0.05) is 6.42 Å². The molecule has 0 saturated carbocycles. The molecule has 3 unspecified atom stereocenters. The summed E-state index contributed by atoms with van der Waals surface area (Å²) in [6, 6.07) is 0. The number of hydrogen-bond donors (Lipinski definition) is 1. The first-order valence-electron chi connectivity index (χ1n) is 5.57. The lowest BCUT2D eigenvalue weighted by Gasteiger charge is -2.37. The standard InChI is InChI=1S/C12H14O5/c1-2-8-6-12(7-13)10(16-8)4-3-9(17-12)5-11(14)15/h1,7-10H,3-6H2,(H,14,15)/t8?,9-,10?,12?/m1/s1. The Balaban J connectivity index is 2.11. The SMILES string of the molecule is C#CC1CC2(C=O)O[C@@H](CC(=O)O)CCC2O1. The zero-order valence-electron chi connectivity index (χ0n) is 9.30. The molecular weight excluding hydrogens is 224 g/mol. The van der Waals surface area contributed by atoms with E-state index in [1.54, 1.807) is 0 Å². The van der Waals surface area contributed by atoms with Gasteiger partial charge in [0.1, 0.15) is 6.10 Å². The van der Waals surface area contributed by atoms with Crippen LogP contribution in [0.4, 0.5) is 0 Å². The summed E-state index contributed by atoms with van der Waals surface area (Å²) in [5, 5.41) is 8.73. The van der Waals surface area contributed by atoms with Gasteiger partial charge in [-0.05, 0) is 12.8 Å². The van der Waals surface area contributed by atoms with Crippen molar-refractivity contribution in [2.24, 2.45) is 0 Å². The second-order valence-electron chi connectivity index (χ2n) is 4.47. The minimum atomic E-state index is -1.05. The van der Waals surface area contributed by atoms with E-state index < -0.39 is 23.8 Å².